The zero-order chi connectivity index (χ0) is 31.8. The molecule has 4 heteroatoms. The molecule has 0 saturated carbocycles. The van der Waals surface area contributed by atoms with Crippen molar-refractivity contribution in [1.29, 1.82) is 0 Å². The lowest BCUT2D eigenvalue weighted by molar-refractivity contribution is -0.117. The minimum Gasteiger partial charge on any atom is -0.335 e. The smallest absolute Gasteiger partial charge is 0.245 e. The quantitative estimate of drug-likeness (QED) is 0.0606. The summed E-state index contributed by atoms with van der Waals surface area (Å²) >= 11 is 0. The molecule has 0 spiro atoms. The average molecular weight is 614 g/mol. The standard InChI is InChI=1S/C40H75N3O/c1-4-6-8-10-12-14-16-18-20-22-24-26-28-30-32-34-39-41-36-37-43(39)38(3)42-40(44)35-33-31-29-27-25-23-21-19-17-15-13-11-9-7-5-2/h32-35,38H,4-31,36-37H2,1-3H3,(H,42,44). The van der Waals surface area contributed by atoms with E-state index in [1.807, 2.05) is 0 Å². The second-order valence-corrected chi connectivity index (χ2v) is 13.5. The number of nitrogens with zero attached hydrogens (tertiary/aromatic N) is 2. The number of unbranched alkanes of at least 4 members (excludes halogenated alkanes) is 26. The highest BCUT2D eigenvalue weighted by molar-refractivity contribution is 5.95. The van der Waals surface area contributed by atoms with Crippen molar-refractivity contribution in [1.82, 2.24) is 10.2 Å². The van der Waals surface area contributed by atoms with Gasteiger partial charge in [0.1, 0.15) is 12.0 Å². The van der Waals surface area contributed by atoms with Crippen LogP contribution >= 0.6 is 0 Å². The maximum absolute atomic E-state index is 12.5. The zero-order valence-corrected chi connectivity index (χ0v) is 29.9. The molecule has 1 amide bonds. The Balaban J connectivity index is 2.00. The Kier molecular flexibility index (Phi) is 28.9. The summed E-state index contributed by atoms with van der Waals surface area (Å²) in [5, 5.41) is 3.14. The van der Waals surface area contributed by atoms with Gasteiger partial charge < -0.3 is 10.2 Å². The number of rotatable bonds is 32. The lowest BCUT2D eigenvalue weighted by atomic mass is 10.0. The number of carbonyl (C=O) groups is 1. The van der Waals surface area contributed by atoms with Gasteiger partial charge in [-0.15, -0.1) is 0 Å². The van der Waals surface area contributed by atoms with Gasteiger partial charge in [0.15, 0.2) is 0 Å². The number of allylic oxidation sites excluding steroid dienone is 2. The first-order valence-corrected chi connectivity index (χ1v) is 19.6. The Labute approximate surface area is 275 Å². The Morgan fingerprint density at radius 2 is 1.02 bits per heavy atom. The normalized spacial score (nSPS) is 14.2. The molecule has 44 heavy (non-hydrogen) atoms. The van der Waals surface area contributed by atoms with E-state index in [-0.39, 0.29) is 12.1 Å². The van der Waals surface area contributed by atoms with Gasteiger partial charge in [-0.25, -0.2) is 0 Å². The van der Waals surface area contributed by atoms with Gasteiger partial charge in [-0.2, -0.15) is 0 Å². The van der Waals surface area contributed by atoms with E-state index in [0.717, 1.165) is 31.8 Å². The third kappa shape index (κ3) is 24.7. The number of nitrogens with one attached hydrogen (secondary N) is 1. The molecular formula is C40H75N3O. The first-order valence-electron chi connectivity index (χ1n) is 19.6. The van der Waals surface area contributed by atoms with Gasteiger partial charge in [-0.1, -0.05) is 180 Å². The molecule has 0 fully saturated rings. The number of aliphatic imine (C=N–C) groups is 1. The van der Waals surface area contributed by atoms with Crippen molar-refractivity contribution in [3.05, 3.63) is 24.3 Å². The lowest BCUT2D eigenvalue weighted by Crippen LogP contribution is -2.47. The first-order chi connectivity index (χ1) is 21.7. The SMILES string of the molecule is CCCCCCCCCCCCCCCC=CC(=O)NC(C)N1CCN=C1C=CCCCCCCCCCCCCCCC. The molecule has 4 nitrogen and oxygen atoms in total. The van der Waals surface area contributed by atoms with Gasteiger partial charge in [0.25, 0.3) is 0 Å². The van der Waals surface area contributed by atoms with Crippen LogP contribution in [-0.2, 0) is 4.79 Å². The van der Waals surface area contributed by atoms with E-state index < -0.39 is 0 Å². The van der Waals surface area contributed by atoms with E-state index in [9.17, 15) is 4.79 Å². The van der Waals surface area contributed by atoms with Crippen LogP contribution in [0.15, 0.2) is 29.3 Å². The fourth-order valence-corrected chi connectivity index (χ4v) is 6.29. The average Bonchev–Trinajstić information content (AvgIpc) is 3.50. The molecule has 256 valence electrons. The summed E-state index contributed by atoms with van der Waals surface area (Å²) in [6, 6.07) is 0. The largest absolute Gasteiger partial charge is 0.335 e. The van der Waals surface area contributed by atoms with Crippen molar-refractivity contribution in [2.24, 2.45) is 4.99 Å². The summed E-state index contributed by atoms with van der Waals surface area (Å²) in [5.41, 5.74) is 0. The maximum atomic E-state index is 12.5. The molecule has 1 heterocycles. The van der Waals surface area contributed by atoms with Gasteiger partial charge in [0, 0.05) is 6.54 Å². The highest BCUT2D eigenvalue weighted by atomic mass is 16.1. The fraction of sp³-hybridized carbons (Fsp3) is 0.850. The predicted octanol–water partition coefficient (Wildman–Crippen LogP) is 12.2. The Bertz CT molecular complexity index is 728. The molecule has 0 radical (unpaired) electrons. The predicted molar refractivity (Wildman–Crippen MR) is 196 cm³/mol. The van der Waals surface area contributed by atoms with Crippen molar-refractivity contribution >= 4 is 11.7 Å². The van der Waals surface area contributed by atoms with Crippen molar-refractivity contribution in [3.63, 3.8) is 0 Å². The molecular weight excluding hydrogens is 538 g/mol. The summed E-state index contributed by atoms with van der Waals surface area (Å²) in [6.07, 6.45) is 46.3. The van der Waals surface area contributed by atoms with Crippen LogP contribution in [0.5, 0.6) is 0 Å². The second-order valence-electron chi connectivity index (χ2n) is 13.5. The van der Waals surface area contributed by atoms with Crippen LogP contribution in [0.4, 0.5) is 0 Å². The maximum Gasteiger partial charge on any atom is 0.245 e. The molecule has 0 aromatic heterocycles. The van der Waals surface area contributed by atoms with Gasteiger partial charge >= 0.3 is 0 Å². The topological polar surface area (TPSA) is 44.7 Å². The highest BCUT2D eigenvalue weighted by Gasteiger charge is 2.21. The fourth-order valence-electron chi connectivity index (χ4n) is 6.29. The summed E-state index contributed by atoms with van der Waals surface area (Å²) in [4.78, 5) is 19.4. The van der Waals surface area contributed by atoms with E-state index in [4.69, 9.17) is 0 Å². The summed E-state index contributed by atoms with van der Waals surface area (Å²) in [7, 11) is 0. The number of hydrogen-bond donors (Lipinski definition) is 1. The van der Waals surface area contributed by atoms with Crippen molar-refractivity contribution in [3.8, 4) is 0 Å². The van der Waals surface area contributed by atoms with Crippen molar-refractivity contribution in [2.75, 3.05) is 13.1 Å². The summed E-state index contributed by atoms with van der Waals surface area (Å²) in [5.74, 6) is 1.03. The summed E-state index contributed by atoms with van der Waals surface area (Å²) in [6.45, 7) is 8.34. The van der Waals surface area contributed by atoms with Crippen LogP contribution in [0.1, 0.15) is 201 Å². The van der Waals surface area contributed by atoms with Gasteiger partial charge in [0.05, 0.1) is 6.54 Å². The molecule has 0 aliphatic carbocycles. The van der Waals surface area contributed by atoms with Gasteiger partial charge in [-0.3, -0.25) is 9.79 Å². The lowest BCUT2D eigenvalue weighted by Gasteiger charge is -2.26. The van der Waals surface area contributed by atoms with Crippen LogP contribution < -0.4 is 5.32 Å². The summed E-state index contributed by atoms with van der Waals surface area (Å²) < 4.78 is 0. The van der Waals surface area contributed by atoms with E-state index >= 15 is 0 Å². The Morgan fingerprint density at radius 3 is 1.45 bits per heavy atom. The first kappa shape index (κ1) is 40.4. The van der Waals surface area contributed by atoms with Crippen LogP contribution in [0.3, 0.4) is 0 Å². The van der Waals surface area contributed by atoms with E-state index in [1.165, 1.54) is 167 Å². The van der Waals surface area contributed by atoms with Gasteiger partial charge in [-0.05, 0) is 44.8 Å². The van der Waals surface area contributed by atoms with Crippen molar-refractivity contribution in [2.45, 2.75) is 207 Å². The number of hydrogen-bond acceptors (Lipinski definition) is 3. The minimum absolute atomic E-state index is 0.00870. The minimum atomic E-state index is -0.0364. The zero-order valence-electron chi connectivity index (χ0n) is 29.9. The molecule has 1 atom stereocenters. The number of carbonyl (C=O) groups excluding carboxylic acids is 1. The van der Waals surface area contributed by atoms with Crippen LogP contribution in [0.2, 0.25) is 0 Å². The van der Waals surface area contributed by atoms with Crippen LogP contribution in [0, 0.1) is 0 Å². The van der Waals surface area contributed by atoms with Gasteiger partial charge in [0.2, 0.25) is 5.91 Å². The van der Waals surface area contributed by atoms with Crippen LogP contribution in [0.25, 0.3) is 0 Å². The molecule has 1 unspecified atom stereocenters. The molecule has 0 aromatic carbocycles. The third-order valence-corrected chi connectivity index (χ3v) is 9.21. The molecule has 0 bridgehead atoms. The van der Waals surface area contributed by atoms with Crippen LogP contribution in [-0.4, -0.2) is 35.9 Å². The third-order valence-electron chi connectivity index (χ3n) is 9.21. The molecule has 0 saturated heterocycles. The molecule has 1 rings (SSSR count). The second kappa shape index (κ2) is 31.4. The molecule has 1 aliphatic heterocycles. The van der Waals surface area contributed by atoms with E-state index in [2.05, 4.69) is 54.2 Å². The Morgan fingerprint density at radius 1 is 0.636 bits per heavy atom. The number of amides is 1. The Hall–Kier alpha value is -1.58. The highest BCUT2D eigenvalue weighted by Crippen LogP contribution is 2.15. The monoisotopic (exact) mass is 614 g/mol. The molecule has 1 N–H and O–H groups in total. The van der Waals surface area contributed by atoms with E-state index in [0.29, 0.717) is 0 Å². The molecule has 0 aromatic rings. The van der Waals surface area contributed by atoms with E-state index in [1.54, 1.807) is 6.08 Å². The number of amidine groups is 1. The van der Waals surface area contributed by atoms with Crippen molar-refractivity contribution < 1.29 is 4.79 Å². The molecule has 1 aliphatic rings.